The lowest BCUT2D eigenvalue weighted by Gasteiger charge is -2.39. The highest BCUT2D eigenvalue weighted by Crippen LogP contribution is 2.41. The molecule has 6 aliphatic rings. The second-order valence-corrected chi connectivity index (χ2v) is 29.8. The minimum atomic E-state index is -1.59. The van der Waals surface area contributed by atoms with Crippen LogP contribution in [0.3, 0.4) is 0 Å². The van der Waals surface area contributed by atoms with Gasteiger partial charge >= 0.3 is 47.7 Å². The lowest BCUT2D eigenvalue weighted by atomic mass is 9.89. The molecule has 12 rings (SSSR count). The number of carbonyl (C=O) groups is 8. The molecule has 3 fully saturated rings. The number of anilines is 9. The number of nitrogens with zero attached hydrogens (tertiary/aromatic N) is 5. The predicted octanol–water partition coefficient (Wildman–Crippen LogP) is 12.3. The van der Waals surface area contributed by atoms with E-state index >= 15 is 0 Å². The summed E-state index contributed by atoms with van der Waals surface area (Å²) in [7, 11) is 0. The number of amides is 7. The zero-order valence-electron chi connectivity index (χ0n) is 63.9. The van der Waals surface area contributed by atoms with Crippen molar-refractivity contribution in [3.05, 3.63) is 125 Å². The highest BCUT2D eigenvalue weighted by atomic mass is 16.6. The van der Waals surface area contributed by atoms with Crippen molar-refractivity contribution in [1.29, 1.82) is 0 Å². The number of piperidine rings is 3. The van der Waals surface area contributed by atoms with Crippen molar-refractivity contribution < 1.29 is 67.1 Å². The van der Waals surface area contributed by atoms with Gasteiger partial charge in [-0.3, -0.25) is 34.6 Å². The summed E-state index contributed by atoms with van der Waals surface area (Å²) in [6, 6.07) is 23.6. The summed E-state index contributed by atoms with van der Waals surface area (Å²) in [5.74, 6) is -0.205. The maximum absolute atomic E-state index is 13.4. The van der Waals surface area contributed by atoms with E-state index in [0.717, 1.165) is 115 Å². The third-order valence-corrected chi connectivity index (χ3v) is 18.7. The van der Waals surface area contributed by atoms with Crippen LogP contribution in [0.1, 0.15) is 173 Å². The Morgan fingerprint density at radius 1 is 0.500 bits per heavy atom. The number of nitrogen functional groups attached to an aromatic ring is 1. The van der Waals surface area contributed by atoms with Gasteiger partial charge in [0.1, 0.15) is 65.7 Å². The maximum Gasteiger partial charge on any atom is 0.413 e. The van der Waals surface area contributed by atoms with Crippen molar-refractivity contribution in [3.8, 4) is 17.2 Å². The van der Waals surface area contributed by atoms with E-state index in [9.17, 15) is 38.4 Å². The molecule has 108 heavy (non-hydrogen) atoms. The van der Waals surface area contributed by atoms with Gasteiger partial charge in [-0.15, -0.1) is 0 Å². The standard InChI is InChI=1S/C28H37N5O5.C23H29N5O3.C14H19N3O5.C14H20N2O/c1-6-18-13-20(15-30-24(18)32-27(36)38-28(3,4)5)31-25(34)26(35)33-16-17(2)7-10-22(33)19-8-9-21-23(14-19)37-12-11-29-21;1-3-15-10-17(12-26-21(15)24)27-22(29)23(30)28-13-14(2)4-7-19(28)16-5-6-18-20(11-16)31-9-8-25-18;1-5-8-6-9(16-11(18)12(19)20)7-15-10(8)17-13(21)22-14(2,3)4;1-10-2-4-12(16-9-10)11-3-5-13-14(8-11)17-7-6-15-13/h8-9,13-15,17,22,29H,6-7,10-12,16H2,1-5H3,(H,31,34)(H,30,32,36);5-6,10-12,14,19,25H,3-4,7-9,13H2,1-2H3,(H2,24,26)(H,27,29);6-7H,5H2,1-4H3,(H,16,18)(H,19,20)(H,15,17,21);3,5,8,10,12,15-16H,2,4,6-7,9H2,1H3/t17-,22+;14-,19+;;/m00../s1. The smallest absolute Gasteiger partial charge is 0.413 e. The first-order valence-electron chi connectivity index (χ1n) is 37.2. The Morgan fingerprint density at radius 3 is 1.27 bits per heavy atom. The quantitative estimate of drug-likeness (QED) is 0.0537. The van der Waals surface area contributed by atoms with Gasteiger partial charge in [-0.1, -0.05) is 59.7 Å². The average Bonchev–Trinajstić information content (AvgIpc) is 0.797. The Morgan fingerprint density at radius 2 is 0.880 bits per heavy atom. The van der Waals surface area contributed by atoms with E-state index in [1.807, 2.05) is 57.2 Å². The highest BCUT2D eigenvalue weighted by Gasteiger charge is 2.37. The molecule has 0 radical (unpaired) electrons. The fourth-order valence-corrected chi connectivity index (χ4v) is 13.2. The minimum Gasteiger partial charge on any atom is -0.490 e. The molecule has 0 bridgehead atoms. The van der Waals surface area contributed by atoms with Crippen molar-refractivity contribution in [3.63, 3.8) is 0 Å². The normalized spacial score (nSPS) is 19.0. The van der Waals surface area contributed by atoms with Crippen LogP contribution in [0.5, 0.6) is 17.2 Å². The molecule has 6 aromatic rings. The number of nitrogens with two attached hydrogens (primary N) is 1. The van der Waals surface area contributed by atoms with E-state index in [-0.39, 0.29) is 23.7 Å². The van der Waals surface area contributed by atoms with Gasteiger partial charge in [0.15, 0.2) is 0 Å². The van der Waals surface area contributed by atoms with Crippen LogP contribution in [0.15, 0.2) is 91.4 Å². The zero-order chi connectivity index (χ0) is 78.0. The Bertz CT molecular complexity index is 4210. The SMILES string of the molecule is CC1CCC(c2ccc3c(c2)OCCN3)NC1.CCc1cc(NC(=O)C(=O)N2C[C@@H](C)CC[C@@H]2c2ccc3c(c2)OCCN3)cnc1N.CCc1cc(NC(=O)C(=O)N2C[C@@H](C)CC[C@@H]2c2ccc3c(c2)OCCN3)cnc1NC(=O)OC(C)(C)C.CCc1cc(NC(=O)C(=O)O)cnc1NC(=O)OC(C)(C)C. The molecule has 3 saturated heterocycles. The van der Waals surface area contributed by atoms with Crippen LogP contribution in [0.25, 0.3) is 0 Å². The first-order valence-corrected chi connectivity index (χ1v) is 37.2. The van der Waals surface area contributed by atoms with Crippen LogP contribution < -0.4 is 67.8 Å². The second kappa shape index (κ2) is 37.0. The number of likely N-dealkylation sites (tertiary alicyclic amines) is 2. The van der Waals surface area contributed by atoms with Gasteiger partial charge in [0.2, 0.25) is 0 Å². The largest absolute Gasteiger partial charge is 0.490 e. The van der Waals surface area contributed by atoms with E-state index in [1.165, 1.54) is 37.0 Å². The van der Waals surface area contributed by atoms with Gasteiger partial charge in [0.25, 0.3) is 0 Å². The number of pyridine rings is 3. The topological polar surface area (TPSA) is 382 Å². The third-order valence-electron chi connectivity index (χ3n) is 18.7. The van der Waals surface area contributed by atoms with Crippen molar-refractivity contribution in [2.45, 2.75) is 170 Å². The van der Waals surface area contributed by atoms with Gasteiger partial charge in [0, 0.05) is 38.8 Å². The molecule has 3 aromatic heterocycles. The first-order chi connectivity index (χ1) is 51.4. The number of aromatic nitrogens is 3. The van der Waals surface area contributed by atoms with E-state index < -0.39 is 58.9 Å². The molecule has 0 saturated carbocycles. The number of benzene rings is 3. The number of carboxylic acid groups (broad SMARTS) is 1. The van der Waals surface area contributed by atoms with Crippen LogP contribution in [0.4, 0.5) is 61.2 Å². The maximum atomic E-state index is 13.4. The van der Waals surface area contributed by atoms with E-state index in [2.05, 4.69) is 102 Å². The molecule has 12 N–H and O–H groups in total. The number of nitrogens with one attached hydrogen (secondary N) is 9. The number of hydrogen-bond acceptors (Lipinski definition) is 21. The summed E-state index contributed by atoms with van der Waals surface area (Å²) in [4.78, 5) is 114. The summed E-state index contributed by atoms with van der Waals surface area (Å²) >= 11 is 0. The van der Waals surface area contributed by atoms with Crippen molar-refractivity contribution >= 4 is 99.3 Å². The van der Waals surface area contributed by atoms with Crippen LogP contribution in [0.2, 0.25) is 0 Å². The lowest BCUT2D eigenvalue weighted by molar-refractivity contribution is -0.147. The molecule has 6 atom stereocenters. The predicted molar refractivity (Wildman–Crippen MR) is 415 cm³/mol. The second-order valence-electron chi connectivity index (χ2n) is 29.8. The summed E-state index contributed by atoms with van der Waals surface area (Å²) in [5.41, 5.74) is 14.1. The number of carboxylic acids is 1. The summed E-state index contributed by atoms with van der Waals surface area (Å²) < 4.78 is 27.7. The molecule has 3 aromatic carbocycles. The Balaban J connectivity index is 0.000000173. The number of aliphatic carboxylic acids is 1. The molecule has 7 amide bonds. The molecular weight excluding hydrogens is 1380 g/mol. The van der Waals surface area contributed by atoms with E-state index in [4.69, 9.17) is 34.5 Å². The van der Waals surface area contributed by atoms with E-state index in [0.29, 0.717) is 97.5 Å². The average molecular weight is 1490 g/mol. The summed E-state index contributed by atoms with van der Waals surface area (Å²) in [6.07, 6.45) is 10.7. The van der Waals surface area contributed by atoms with Gasteiger partial charge in [-0.05, 0) is 212 Å². The Hall–Kier alpha value is -11.0. The molecule has 29 nitrogen and oxygen atoms in total. The van der Waals surface area contributed by atoms with Gasteiger partial charge < -0.3 is 81.5 Å². The fraction of sp³-hybridized carbons (Fsp3) is 0.481. The lowest BCUT2D eigenvalue weighted by Crippen LogP contribution is -2.46. The molecule has 6 aliphatic heterocycles. The van der Waals surface area contributed by atoms with Crippen molar-refractivity contribution in [2.24, 2.45) is 17.8 Å². The van der Waals surface area contributed by atoms with Crippen molar-refractivity contribution in [1.82, 2.24) is 30.1 Å². The Labute approximate surface area is 631 Å². The molecular formula is C79H105N15O14. The zero-order valence-corrected chi connectivity index (χ0v) is 63.9. The van der Waals surface area contributed by atoms with E-state index in [1.54, 1.807) is 69.5 Å². The summed E-state index contributed by atoms with van der Waals surface area (Å²) in [6.45, 7) is 29.3. The van der Waals surface area contributed by atoms with Gasteiger partial charge in [0.05, 0.1) is 64.8 Å². The first kappa shape index (κ1) is 81.1. The van der Waals surface area contributed by atoms with Crippen LogP contribution >= 0.6 is 0 Å². The molecule has 9 heterocycles. The number of ether oxygens (including phenoxy) is 5. The minimum absolute atomic E-state index is 0.166. The molecule has 29 heteroatoms. The molecule has 0 aliphatic carbocycles. The third kappa shape index (κ3) is 22.8. The van der Waals surface area contributed by atoms with Gasteiger partial charge in [-0.25, -0.2) is 29.3 Å². The number of hydrogen-bond donors (Lipinski definition) is 11. The molecule has 0 spiro atoms. The summed E-state index contributed by atoms with van der Waals surface area (Å²) in [5, 5.41) is 34.9. The van der Waals surface area contributed by atoms with Crippen LogP contribution in [-0.4, -0.2) is 148 Å². The number of fused-ring (bicyclic) bond motifs is 3. The Kier molecular flexibility index (Phi) is 27.8. The number of rotatable bonds is 11. The van der Waals surface area contributed by atoms with Gasteiger partial charge in [-0.2, -0.15) is 0 Å². The monoisotopic (exact) mass is 1490 g/mol. The van der Waals surface area contributed by atoms with Crippen molar-refractivity contribution in [2.75, 3.05) is 107 Å². The highest BCUT2D eigenvalue weighted by molar-refractivity contribution is 6.40. The van der Waals surface area contributed by atoms with Crippen LogP contribution in [0, 0.1) is 17.8 Å². The molecule has 2 unspecified atom stereocenters. The number of aryl methyl sites for hydroxylation is 3. The fourth-order valence-electron chi connectivity index (χ4n) is 13.2. The van der Waals surface area contributed by atoms with Crippen LogP contribution in [-0.2, 0) is 57.5 Å². The molecule has 580 valence electrons. The number of carbonyl (C=O) groups excluding carboxylic acids is 7.